The maximum atomic E-state index is 12.9. The number of nitrogens with zero attached hydrogens (tertiary/aromatic N) is 2. The summed E-state index contributed by atoms with van der Waals surface area (Å²) in [6.07, 6.45) is 1.63. The van der Waals surface area contributed by atoms with Gasteiger partial charge in [-0.05, 0) is 55.2 Å². The zero-order chi connectivity index (χ0) is 27.6. The molecule has 0 radical (unpaired) electrons. The number of sulfonamides is 1. The highest BCUT2D eigenvalue weighted by atomic mass is 32.2. The summed E-state index contributed by atoms with van der Waals surface area (Å²) in [4.78, 5) is 28.4. The number of nitrogens with one attached hydrogen (secondary N) is 1. The van der Waals surface area contributed by atoms with E-state index in [1.165, 1.54) is 13.0 Å². The van der Waals surface area contributed by atoms with Crippen molar-refractivity contribution in [3.05, 3.63) is 83.2 Å². The number of carboxylic acid groups (broad SMARTS) is 1. The lowest BCUT2D eigenvalue weighted by atomic mass is 10.0. The summed E-state index contributed by atoms with van der Waals surface area (Å²) in [5, 5.41) is 9.55. The summed E-state index contributed by atoms with van der Waals surface area (Å²) in [5.74, 6) is -0.903. The summed E-state index contributed by atoms with van der Waals surface area (Å²) in [5.41, 5.74) is 10.1. The number of carbonyl (C=O) groups excluding carboxylic acids is 1. The molecule has 10 heteroatoms. The highest BCUT2D eigenvalue weighted by Crippen LogP contribution is 2.29. The topological polar surface area (TPSA) is 144 Å². The van der Waals surface area contributed by atoms with Crippen LogP contribution >= 0.6 is 0 Å². The van der Waals surface area contributed by atoms with Crippen molar-refractivity contribution in [2.24, 2.45) is 5.73 Å². The first-order valence-corrected chi connectivity index (χ1v) is 13.7. The molecule has 0 saturated heterocycles. The van der Waals surface area contributed by atoms with Crippen molar-refractivity contribution in [1.29, 1.82) is 0 Å². The number of amides is 1. The Morgan fingerprint density at radius 3 is 2.42 bits per heavy atom. The van der Waals surface area contributed by atoms with E-state index in [9.17, 15) is 23.1 Å². The summed E-state index contributed by atoms with van der Waals surface area (Å²) < 4.78 is 29.9. The van der Waals surface area contributed by atoms with Crippen molar-refractivity contribution < 1.29 is 23.1 Å². The normalized spacial score (nSPS) is 12.4. The fraction of sp³-hybridized carbons (Fsp3) is 0.250. The van der Waals surface area contributed by atoms with Crippen molar-refractivity contribution >= 4 is 32.9 Å². The van der Waals surface area contributed by atoms with E-state index in [0.29, 0.717) is 17.7 Å². The number of carbonyl (C=O) groups is 2. The summed E-state index contributed by atoms with van der Waals surface area (Å²) in [6.45, 7) is 5.81. The van der Waals surface area contributed by atoms with Gasteiger partial charge in [0.15, 0.2) is 0 Å². The van der Waals surface area contributed by atoms with E-state index in [-0.39, 0.29) is 10.5 Å². The molecule has 38 heavy (non-hydrogen) atoms. The highest BCUT2D eigenvalue weighted by molar-refractivity contribution is 7.90. The van der Waals surface area contributed by atoms with E-state index in [4.69, 9.17) is 10.7 Å². The number of imidazole rings is 1. The van der Waals surface area contributed by atoms with Gasteiger partial charge < -0.3 is 15.4 Å². The maximum Gasteiger partial charge on any atom is 0.335 e. The minimum absolute atomic E-state index is 0.0238. The molecule has 1 amide bonds. The zero-order valence-corrected chi connectivity index (χ0v) is 22.2. The number of aryl methyl sites for hydroxylation is 2. The van der Waals surface area contributed by atoms with Crippen LogP contribution in [0.2, 0.25) is 0 Å². The number of rotatable bonds is 9. The Bertz CT molecular complexity index is 1620. The molecule has 1 heterocycles. The van der Waals surface area contributed by atoms with Crippen LogP contribution < -0.4 is 10.5 Å². The number of carboxylic acids is 1. The van der Waals surface area contributed by atoms with Crippen molar-refractivity contribution in [1.82, 2.24) is 14.3 Å². The lowest BCUT2D eigenvalue weighted by molar-refractivity contribution is -0.120. The molecule has 0 fully saturated rings. The highest BCUT2D eigenvalue weighted by Gasteiger charge is 2.23. The lowest BCUT2D eigenvalue weighted by Gasteiger charge is -2.14. The molecule has 3 aromatic carbocycles. The van der Waals surface area contributed by atoms with E-state index >= 15 is 0 Å². The van der Waals surface area contributed by atoms with E-state index in [0.717, 1.165) is 40.8 Å². The maximum absolute atomic E-state index is 12.9. The van der Waals surface area contributed by atoms with Crippen molar-refractivity contribution in [2.75, 3.05) is 0 Å². The molecule has 4 aromatic rings. The van der Waals surface area contributed by atoms with Crippen LogP contribution in [-0.2, 0) is 27.8 Å². The molecule has 198 valence electrons. The van der Waals surface area contributed by atoms with E-state index < -0.39 is 27.9 Å². The first kappa shape index (κ1) is 27.0. The first-order valence-electron chi connectivity index (χ1n) is 12.3. The molecule has 9 nitrogen and oxygen atoms in total. The van der Waals surface area contributed by atoms with Crippen LogP contribution in [-0.4, -0.2) is 41.0 Å². The van der Waals surface area contributed by atoms with Gasteiger partial charge in [-0.1, -0.05) is 49.4 Å². The Balaban J connectivity index is 1.70. The SMILES string of the molecule is CCCc1nc2c(C)cc(C(=O)O)cc2n1Cc1ccc(-c2ccccc2S(=O)(=O)NC(=O)C(C)N)cc1. The van der Waals surface area contributed by atoms with E-state index in [1.54, 1.807) is 30.3 Å². The van der Waals surface area contributed by atoms with Gasteiger partial charge in [-0.2, -0.15) is 0 Å². The second-order valence-corrected chi connectivity index (χ2v) is 10.9. The quantitative estimate of drug-likeness (QED) is 0.296. The molecular weight excluding hydrogens is 504 g/mol. The molecule has 0 saturated carbocycles. The molecule has 1 unspecified atom stereocenters. The second-order valence-electron chi connectivity index (χ2n) is 9.28. The number of aromatic carboxylic acids is 1. The van der Waals surface area contributed by atoms with Crippen molar-refractivity contribution in [3.63, 3.8) is 0 Å². The molecule has 1 atom stereocenters. The van der Waals surface area contributed by atoms with Crippen LogP contribution in [0.15, 0.2) is 65.6 Å². The molecule has 0 spiro atoms. The van der Waals surface area contributed by atoms with Crippen LogP contribution in [0.3, 0.4) is 0 Å². The standard InChI is InChI=1S/C28H30N4O5S/c1-4-7-25-30-26-17(2)14-21(28(34)35)15-23(26)32(25)16-19-10-12-20(13-11-19)22-8-5-6-9-24(22)38(36,37)31-27(33)18(3)29/h5-6,8-15,18H,4,7,16,29H2,1-3H3,(H,31,33)(H,34,35). The molecule has 0 aliphatic carbocycles. The summed E-state index contributed by atoms with van der Waals surface area (Å²) in [6, 6.07) is 16.2. The van der Waals surface area contributed by atoms with Crippen molar-refractivity contribution in [2.45, 2.75) is 51.1 Å². The van der Waals surface area contributed by atoms with E-state index in [1.807, 2.05) is 40.5 Å². The predicted octanol–water partition coefficient (Wildman–Crippen LogP) is 3.86. The molecular formula is C28H30N4O5S. The number of nitrogens with two attached hydrogens (primary N) is 1. The minimum atomic E-state index is -4.13. The third-order valence-corrected chi connectivity index (χ3v) is 7.68. The van der Waals surface area contributed by atoms with Gasteiger partial charge in [0.1, 0.15) is 5.82 Å². The van der Waals surface area contributed by atoms with Gasteiger partial charge in [-0.15, -0.1) is 0 Å². The average Bonchev–Trinajstić information content (AvgIpc) is 3.22. The summed E-state index contributed by atoms with van der Waals surface area (Å²) >= 11 is 0. The first-order chi connectivity index (χ1) is 18.0. The third-order valence-electron chi connectivity index (χ3n) is 6.27. The predicted molar refractivity (Wildman–Crippen MR) is 145 cm³/mol. The zero-order valence-electron chi connectivity index (χ0n) is 21.4. The van der Waals surface area contributed by atoms with Gasteiger partial charge in [0.2, 0.25) is 5.91 Å². The Morgan fingerprint density at radius 2 is 1.79 bits per heavy atom. The van der Waals surface area contributed by atoms with Gasteiger partial charge in [0, 0.05) is 18.5 Å². The van der Waals surface area contributed by atoms with Crippen LogP contribution in [0.1, 0.15) is 47.6 Å². The third kappa shape index (κ3) is 5.46. The minimum Gasteiger partial charge on any atom is -0.478 e. The Morgan fingerprint density at radius 1 is 1.11 bits per heavy atom. The fourth-order valence-electron chi connectivity index (χ4n) is 4.35. The largest absolute Gasteiger partial charge is 0.478 e. The number of benzene rings is 3. The number of fused-ring (bicyclic) bond motifs is 1. The van der Waals surface area contributed by atoms with Crippen LogP contribution in [0.25, 0.3) is 22.2 Å². The summed E-state index contributed by atoms with van der Waals surface area (Å²) in [7, 11) is -4.13. The van der Waals surface area contributed by atoms with Crippen LogP contribution in [0.4, 0.5) is 0 Å². The molecule has 0 bridgehead atoms. The second kappa shape index (κ2) is 10.8. The lowest BCUT2D eigenvalue weighted by Crippen LogP contribution is -2.41. The smallest absolute Gasteiger partial charge is 0.335 e. The number of aromatic nitrogens is 2. The van der Waals surface area contributed by atoms with Crippen LogP contribution in [0.5, 0.6) is 0 Å². The number of hydrogen-bond acceptors (Lipinski definition) is 6. The average molecular weight is 535 g/mol. The van der Waals surface area contributed by atoms with Gasteiger partial charge in [-0.3, -0.25) is 4.79 Å². The number of hydrogen-bond donors (Lipinski definition) is 3. The van der Waals surface area contributed by atoms with E-state index in [2.05, 4.69) is 6.92 Å². The molecule has 0 aliphatic rings. The Kier molecular flexibility index (Phi) is 7.66. The Labute approximate surface area is 221 Å². The molecule has 0 aliphatic heterocycles. The van der Waals surface area contributed by atoms with Gasteiger partial charge >= 0.3 is 5.97 Å². The molecule has 4 N–H and O–H groups in total. The monoisotopic (exact) mass is 534 g/mol. The van der Waals surface area contributed by atoms with Gasteiger partial charge in [0.25, 0.3) is 10.0 Å². The van der Waals surface area contributed by atoms with Gasteiger partial charge in [-0.25, -0.2) is 22.9 Å². The molecule has 4 rings (SSSR count). The fourth-order valence-corrected chi connectivity index (χ4v) is 5.64. The van der Waals surface area contributed by atoms with Crippen molar-refractivity contribution in [3.8, 4) is 11.1 Å². The van der Waals surface area contributed by atoms with Crippen LogP contribution in [0, 0.1) is 6.92 Å². The molecule has 1 aromatic heterocycles. The Hall–Kier alpha value is -4.02. The van der Waals surface area contributed by atoms with Gasteiger partial charge in [0.05, 0.1) is 27.5 Å².